The number of sulfone groups is 1. The molecule has 2 rings (SSSR count). The van der Waals surface area contributed by atoms with Crippen molar-refractivity contribution in [3.05, 3.63) is 47.0 Å². The van der Waals surface area contributed by atoms with E-state index >= 15 is 0 Å². The van der Waals surface area contributed by atoms with E-state index in [-0.39, 0.29) is 22.1 Å². The predicted molar refractivity (Wildman–Crippen MR) is 84.4 cm³/mol. The van der Waals surface area contributed by atoms with Gasteiger partial charge in [-0.25, -0.2) is 18.4 Å². The Morgan fingerprint density at radius 2 is 1.33 bits per heavy atom. The van der Waals surface area contributed by atoms with Gasteiger partial charge in [0.1, 0.15) is 11.8 Å². The monoisotopic (exact) mass is 346 g/mol. The Labute approximate surface area is 132 Å². The molecule has 0 bridgehead atoms. The minimum atomic E-state index is -3.41. The van der Waals surface area contributed by atoms with Crippen LogP contribution in [0.4, 0.5) is 11.4 Å². The van der Waals surface area contributed by atoms with Crippen LogP contribution in [0.15, 0.2) is 36.7 Å². The molecule has 21 heavy (non-hydrogen) atoms. The van der Waals surface area contributed by atoms with Crippen molar-refractivity contribution < 1.29 is 8.42 Å². The molecule has 0 amide bonds. The lowest BCUT2D eigenvalue weighted by Gasteiger charge is -2.10. The second-order valence-electron chi connectivity index (χ2n) is 4.07. The summed E-state index contributed by atoms with van der Waals surface area (Å²) in [5, 5.41) is 5.90. The summed E-state index contributed by atoms with van der Waals surface area (Å²) in [5.74, 6) is -0.549. The molecule has 0 aliphatic heterocycles. The van der Waals surface area contributed by atoms with Crippen molar-refractivity contribution in [3.63, 3.8) is 0 Å². The molecule has 0 unspecified atom stereocenters. The van der Waals surface area contributed by atoms with Crippen molar-refractivity contribution in [1.82, 2.24) is 9.97 Å². The van der Waals surface area contributed by atoms with Crippen LogP contribution in [-0.2, 0) is 9.84 Å². The number of halogens is 2. The summed E-state index contributed by atoms with van der Waals surface area (Å²) in [6, 6.07) is 6.62. The van der Waals surface area contributed by atoms with Crippen LogP contribution in [0.3, 0.4) is 0 Å². The third-order valence-electron chi connectivity index (χ3n) is 2.48. The quantitative estimate of drug-likeness (QED) is 0.782. The van der Waals surface area contributed by atoms with Gasteiger partial charge in [-0.2, -0.15) is 0 Å². The van der Waals surface area contributed by atoms with Crippen molar-refractivity contribution in [2.75, 3.05) is 22.4 Å². The van der Waals surface area contributed by atoms with E-state index in [1.807, 2.05) is 0 Å². The molecule has 0 saturated heterocycles. The minimum absolute atomic E-state index is 0.218. The standard InChI is InChI=1S/C12H12Cl2N4O2S/c13-11-9(3-1-5-15-11)17-7-21(19,20)8-18-10-4-2-6-16-12(10)14/h1-6,17-18H,7-8H2. The van der Waals surface area contributed by atoms with Crippen LogP contribution in [-0.4, -0.2) is 30.1 Å². The van der Waals surface area contributed by atoms with Crippen LogP contribution in [0, 0.1) is 0 Å². The van der Waals surface area contributed by atoms with Gasteiger partial charge in [-0.05, 0) is 24.3 Å². The molecule has 9 heteroatoms. The van der Waals surface area contributed by atoms with Crippen LogP contribution >= 0.6 is 23.2 Å². The highest BCUT2D eigenvalue weighted by atomic mass is 35.5. The number of rotatable bonds is 6. The fraction of sp³-hybridized carbons (Fsp3) is 0.167. The Balaban J connectivity index is 1.94. The van der Waals surface area contributed by atoms with E-state index in [9.17, 15) is 8.42 Å². The van der Waals surface area contributed by atoms with Gasteiger partial charge < -0.3 is 10.6 Å². The molecule has 0 spiro atoms. The lowest BCUT2D eigenvalue weighted by Crippen LogP contribution is -2.22. The van der Waals surface area contributed by atoms with Crippen LogP contribution in [0.1, 0.15) is 0 Å². The molecule has 0 aliphatic rings. The van der Waals surface area contributed by atoms with Crippen LogP contribution in [0.25, 0.3) is 0 Å². The number of hydrogen-bond acceptors (Lipinski definition) is 6. The summed E-state index contributed by atoms with van der Waals surface area (Å²) in [4.78, 5) is 7.70. The Bertz CT molecular complexity index is 669. The summed E-state index contributed by atoms with van der Waals surface area (Å²) < 4.78 is 23.9. The van der Waals surface area contributed by atoms with E-state index in [0.717, 1.165) is 0 Å². The van der Waals surface area contributed by atoms with Gasteiger partial charge in [-0.1, -0.05) is 23.2 Å². The molecule has 0 fully saturated rings. The van der Waals surface area contributed by atoms with Crippen molar-refractivity contribution in [2.45, 2.75) is 0 Å². The van der Waals surface area contributed by atoms with Crippen LogP contribution in [0.5, 0.6) is 0 Å². The first-order valence-corrected chi connectivity index (χ1v) is 8.45. The molecular weight excluding hydrogens is 335 g/mol. The molecule has 2 N–H and O–H groups in total. The van der Waals surface area contributed by atoms with Gasteiger partial charge >= 0.3 is 0 Å². The first-order chi connectivity index (χ1) is 9.98. The smallest absolute Gasteiger partial charge is 0.185 e. The Morgan fingerprint density at radius 3 is 1.71 bits per heavy atom. The number of anilines is 2. The molecular formula is C12H12Cl2N4O2S. The van der Waals surface area contributed by atoms with Crippen LogP contribution in [0.2, 0.25) is 10.3 Å². The van der Waals surface area contributed by atoms with Crippen molar-refractivity contribution in [3.8, 4) is 0 Å². The zero-order chi connectivity index (χ0) is 15.3. The second kappa shape index (κ2) is 6.93. The largest absolute Gasteiger partial charge is 0.369 e. The SMILES string of the molecule is O=S(=O)(CNc1cccnc1Cl)CNc1cccnc1Cl. The van der Waals surface area contributed by atoms with E-state index in [4.69, 9.17) is 23.2 Å². The van der Waals surface area contributed by atoms with Gasteiger partial charge in [-0.15, -0.1) is 0 Å². The predicted octanol–water partition coefficient (Wildman–Crippen LogP) is 2.64. The lowest BCUT2D eigenvalue weighted by atomic mass is 10.4. The van der Waals surface area contributed by atoms with Gasteiger partial charge in [-0.3, -0.25) is 0 Å². The van der Waals surface area contributed by atoms with Crippen LogP contribution < -0.4 is 10.6 Å². The zero-order valence-corrected chi connectivity index (χ0v) is 13.1. The van der Waals surface area contributed by atoms with E-state index < -0.39 is 9.84 Å². The third kappa shape index (κ3) is 4.73. The fourth-order valence-corrected chi connectivity index (χ4v) is 2.69. The highest BCUT2D eigenvalue weighted by Gasteiger charge is 2.12. The molecule has 0 radical (unpaired) electrons. The first-order valence-electron chi connectivity index (χ1n) is 5.87. The molecule has 112 valence electrons. The number of nitrogens with zero attached hydrogens (tertiary/aromatic N) is 2. The van der Waals surface area contributed by atoms with E-state index in [2.05, 4.69) is 20.6 Å². The maximum atomic E-state index is 11.9. The first kappa shape index (κ1) is 15.8. The molecule has 0 saturated carbocycles. The number of aromatic nitrogens is 2. The summed E-state index contributed by atoms with van der Waals surface area (Å²) in [6.07, 6.45) is 3.04. The summed E-state index contributed by atoms with van der Waals surface area (Å²) in [6.45, 7) is 0. The Hall–Kier alpha value is -1.57. The Morgan fingerprint density at radius 1 is 0.905 bits per heavy atom. The molecule has 0 atom stereocenters. The topological polar surface area (TPSA) is 84.0 Å². The van der Waals surface area contributed by atoms with Crippen molar-refractivity contribution in [1.29, 1.82) is 0 Å². The summed E-state index contributed by atoms with van der Waals surface area (Å²) >= 11 is 11.7. The molecule has 2 heterocycles. The van der Waals surface area contributed by atoms with Gasteiger partial charge in [0.2, 0.25) is 0 Å². The Kier molecular flexibility index (Phi) is 5.22. The average Bonchev–Trinajstić information content (AvgIpc) is 2.46. The number of pyridine rings is 2. The second-order valence-corrected chi connectivity index (χ2v) is 6.85. The maximum absolute atomic E-state index is 11.9. The minimum Gasteiger partial charge on any atom is -0.369 e. The maximum Gasteiger partial charge on any atom is 0.185 e. The van der Waals surface area contributed by atoms with Gasteiger partial charge in [0.15, 0.2) is 20.1 Å². The third-order valence-corrected chi connectivity index (χ3v) is 4.25. The highest BCUT2D eigenvalue weighted by molar-refractivity contribution is 7.91. The molecule has 2 aromatic rings. The van der Waals surface area contributed by atoms with Gasteiger partial charge in [0.25, 0.3) is 0 Å². The van der Waals surface area contributed by atoms with Gasteiger partial charge in [0.05, 0.1) is 11.4 Å². The van der Waals surface area contributed by atoms with E-state index in [1.165, 1.54) is 12.4 Å². The van der Waals surface area contributed by atoms with Gasteiger partial charge in [0, 0.05) is 12.4 Å². The summed E-state index contributed by atoms with van der Waals surface area (Å²) in [7, 11) is -3.41. The molecule has 6 nitrogen and oxygen atoms in total. The fourth-order valence-electron chi connectivity index (χ4n) is 1.46. The lowest BCUT2D eigenvalue weighted by molar-refractivity contribution is 0.599. The normalized spacial score (nSPS) is 11.1. The average molecular weight is 347 g/mol. The zero-order valence-electron chi connectivity index (χ0n) is 10.8. The molecule has 0 aromatic carbocycles. The van der Waals surface area contributed by atoms with Crippen molar-refractivity contribution >= 4 is 44.4 Å². The van der Waals surface area contributed by atoms with Crippen molar-refractivity contribution in [2.24, 2.45) is 0 Å². The molecule has 2 aromatic heterocycles. The summed E-state index contributed by atoms with van der Waals surface area (Å²) in [5.41, 5.74) is 0.921. The van der Waals surface area contributed by atoms with E-state index in [0.29, 0.717) is 11.4 Å². The molecule has 0 aliphatic carbocycles. The van der Waals surface area contributed by atoms with E-state index in [1.54, 1.807) is 24.3 Å². The highest BCUT2D eigenvalue weighted by Crippen LogP contribution is 2.19. The number of hydrogen-bond donors (Lipinski definition) is 2. The number of nitrogens with one attached hydrogen (secondary N) is 2.